The molecule has 140 valence electrons. The summed E-state index contributed by atoms with van der Waals surface area (Å²) < 4.78 is 25.1. The summed E-state index contributed by atoms with van der Waals surface area (Å²) in [6.07, 6.45) is 3.17. The molecule has 0 fully saturated rings. The predicted molar refractivity (Wildman–Crippen MR) is 105 cm³/mol. The van der Waals surface area contributed by atoms with E-state index < -0.39 is 11.1 Å². The molecule has 0 aliphatic heterocycles. The Morgan fingerprint density at radius 1 is 0.964 bits per heavy atom. The molecule has 7 nitrogen and oxygen atoms in total. The summed E-state index contributed by atoms with van der Waals surface area (Å²) in [6.45, 7) is 0. The molecule has 0 spiro atoms. The summed E-state index contributed by atoms with van der Waals surface area (Å²) in [4.78, 5) is 12.5. The van der Waals surface area contributed by atoms with Crippen LogP contribution in [0.4, 0.5) is 0 Å². The minimum Gasteiger partial charge on any atom is -0.772 e. The van der Waals surface area contributed by atoms with Crippen molar-refractivity contribution in [2.24, 2.45) is 0 Å². The molecular formula is C20H15N4O3S-. The van der Waals surface area contributed by atoms with Gasteiger partial charge >= 0.3 is 0 Å². The molecule has 0 radical (unpaired) electrons. The first-order valence-electron chi connectivity index (χ1n) is 8.47. The van der Waals surface area contributed by atoms with Crippen molar-refractivity contribution in [1.29, 1.82) is 0 Å². The topological polar surface area (TPSA) is 92.8 Å². The number of benzene rings is 2. The highest BCUT2D eigenvalue weighted by atomic mass is 32.2. The fourth-order valence-corrected chi connectivity index (χ4v) is 3.36. The maximum absolute atomic E-state index is 12.5. The van der Waals surface area contributed by atoms with E-state index in [1.54, 1.807) is 52.1 Å². The smallest absolute Gasteiger partial charge is 0.209 e. The summed E-state index contributed by atoms with van der Waals surface area (Å²) in [5, 5.41) is 8.79. The second kappa shape index (κ2) is 7.71. The van der Waals surface area contributed by atoms with Gasteiger partial charge in [-0.3, -0.25) is 9.00 Å². The average molecular weight is 391 g/mol. The third-order valence-electron chi connectivity index (χ3n) is 4.15. The third-order valence-corrected chi connectivity index (χ3v) is 4.72. The van der Waals surface area contributed by atoms with Gasteiger partial charge in [0.1, 0.15) is 0 Å². The molecule has 0 bridgehead atoms. The van der Waals surface area contributed by atoms with Crippen molar-refractivity contribution in [3.8, 4) is 22.8 Å². The van der Waals surface area contributed by atoms with E-state index in [0.29, 0.717) is 16.9 Å². The normalized spacial score (nSPS) is 12.0. The van der Waals surface area contributed by atoms with Crippen molar-refractivity contribution in [3.05, 3.63) is 94.9 Å². The van der Waals surface area contributed by atoms with Gasteiger partial charge in [0.25, 0.3) is 0 Å². The molecule has 0 amide bonds. The molecule has 0 saturated heterocycles. The van der Waals surface area contributed by atoms with Crippen LogP contribution in [-0.2, 0) is 16.8 Å². The van der Waals surface area contributed by atoms with Gasteiger partial charge in [0.2, 0.25) is 5.43 Å². The SMILES string of the molecule is O=c1ccn(-c2cccc(CS(=O)[O-])c2)nc1-c1ccnn1-c1ccccc1. The van der Waals surface area contributed by atoms with E-state index in [9.17, 15) is 13.6 Å². The van der Waals surface area contributed by atoms with E-state index in [-0.39, 0.29) is 16.9 Å². The van der Waals surface area contributed by atoms with Crippen LogP contribution in [0, 0.1) is 0 Å². The van der Waals surface area contributed by atoms with Crippen LogP contribution in [0.2, 0.25) is 0 Å². The van der Waals surface area contributed by atoms with Crippen LogP contribution in [0.15, 0.2) is 83.9 Å². The van der Waals surface area contributed by atoms with E-state index in [4.69, 9.17) is 0 Å². The molecule has 1 atom stereocenters. The van der Waals surface area contributed by atoms with Crippen LogP contribution in [0.5, 0.6) is 0 Å². The molecule has 2 aromatic carbocycles. The highest BCUT2D eigenvalue weighted by Gasteiger charge is 2.13. The first-order valence-corrected chi connectivity index (χ1v) is 9.71. The van der Waals surface area contributed by atoms with Crippen LogP contribution in [-0.4, -0.2) is 28.3 Å². The lowest BCUT2D eigenvalue weighted by Crippen LogP contribution is -2.15. The molecule has 8 heteroatoms. The zero-order valence-electron chi connectivity index (χ0n) is 14.6. The summed E-state index contributed by atoms with van der Waals surface area (Å²) in [5.74, 6) is -0.0817. The summed E-state index contributed by atoms with van der Waals surface area (Å²) in [7, 11) is 0. The van der Waals surface area contributed by atoms with Crippen molar-refractivity contribution in [2.45, 2.75) is 5.75 Å². The van der Waals surface area contributed by atoms with Crippen LogP contribution in [0.3, 0.4) is 0 Å². The standard InChI is InChI=1S/C20H16N4O3S/c25-19-10-12-23(17-8-4-5-15(13-17)14-28(26)27)22-20(19)18-9-11-21-24(18)16-6-2-1-3-7-16/h1-13H,14H2,(H,26,27)/p-1. The zero-order valence-corrected chi connectivity index (χ0v) is 15.5. The number of aromatic nitrogens is 4. The fourth-order valence-electron chi connectivity index (χ4n) is 2.91. The summed E-state index contributed by atoms with van der Waals surface area (Å²) >= 11 is -2.18. The Morgan fingerprint density at radius 3 is 2.54 bits per heavy atom. The summed E-state index contributed by atoms with van der Waals surface area (Å²) in [5.41, 5.74) is 2.71. The number of nitrogens with zero attached hydrogens (tertiary/aromatic N) is 4. The number of hydrogen-bond acceptors (Lipinski definition) is 5. The van der Waals surface area contributed by atoms with Crippen molar-refractivity contribution in [1.82, 2.24) is 19.6 Å². The molecule has 1 unspecified atom stereocenters. The average Bonchev–Trinajstić information content (AvgIpc) is 3.18. The Hall–Kier alpha value is -3.36. The third kappa shape index (κ3) is 3.68. The minimum atomic E-state index is -2.18. The van der Waals surface area contributed by atoms with Crippen molar-refractivity contribution in [2.75, 3.05) is 0 Å². The Bertz CT molecular complexity index is 1200. The van der Waals surface area contributed by atoms with E-state index in [1.165, 1.54) is 6.07 Å². The zero-order chi connectivity index (χ0) is 19.5. The van der Waals surface area contributed by atoms with Gasteiger partial charge in [0, 0.05) is 18.0 Å². The second-order valence-corrected chi connectivity index (χ2v) is 6.95. The van der Waals surface area contributed by atoms with Gasteiger partial charge in [-0.05, 0) is 35.9 Å². The van der Waals surface area contributed by atoms with Gasteiger partial charge in [-0.15, -0.1) is 0 Å². The highest BCUT2D eigenvalue weighted by Crippen LogP contribution is 2.18. The lowest BCUT2D eigenvalue weighted by Gasteiger charge is -2.11. The van der Waals surface area contributed by atoms with Crippen molar-refractivity contribution < 1.29 is 8.76 Å². The van der Waals surface area contributed by atoms with Crippen LogP contribution in [0.25, 0.3) is 22.8 Å². The number of hydrogen-bond donors (Lipinski definition) is 0. The molecule has 2 aromatic heterocycles. The minimum absolute atomic E-state index is 0.0817. The molecule has 0 N–H and O–H groups in total. The van der Waals surface area contributed by atoms with Gasteiger partial charge < -0.3 is 4.55 Å². The van der Waals surface area contributed by atoms with Crippen molar-refractivity contribution >= 4 is 11.1 Å². The van der Waals surface area contributed by atoms with Gasteiger partial charge in [0.15, 0.2) is 5.69 Å². The molecule has 0 saturated carbocycles. The molecular weight excluding hydrogens is 376 g/mol. The van der Waals surface area contributed by atoms with E-state index in [0.717, 1.165) is 5.69 Å². The van der Waals surface area contributed by atoms with Crippen LogP contribution < -0.4 is 5.43 Å². The fraction of sp³-hybridized carbons (Fsp3) is 0.0500. The molecule has 28 heavy (non-hydrogen) atoms. The summed E-state index contributed by atoms with van der Waals surface area (Å²) in [6, 6.07) is 19.7. The van der Waals surface area contributed by atoms with E-state index in [1.807, 2.05) is 30.3 Å². The Morgan fingerprint density at radius 2 is 1.75 bits per heavy atom. The monoisotopic (exact) mass is 391 g/mol. The number of rotatable bonds is 5. The Kier molecular flexibility index (Phi) is 4.96. The molecule has 2 heterocycles. The predicted octanol–water partition coefficient (Wildman–Crippen LogP) is 2.46. The van der Waals surface area contributed by atoms with E-state index in [2.05, 4.69) is 10.2 Å². The Balaban J connectivity index is 1.79. The quantitative estimate of drug-likeness (QED) is 0.487. The van der Waals surface area contributed by atoms with Crippen LogP contribution in [0.1, 0.15) is 5.56 Å². The lowest BCUT2D eigenvalue weighted by molar-refractivity contribution is 0.536. The molecule has 0 aliphatic carbocycles. The second-order valence-electron chi connectivity index (χ2n) is 6.05. The van der Waals surface area contributed by atoms with Crippen molar-refractivity contribution in [3.63, 3.8) is 0 Å². The Labute approximate surface area is 163 Å². The number of para-hydroxylation sites is 1. The van der Waals surface area contributed by atoms with Gasteiger partial charge in [0.05, 0.1) is 23.3 Å². The molecule has 4 rings (SSSR count). The van der Waals surface area contributed by atoms with Gasteiger partial charge in [-0.2, -0.15) is 10.2 Å². The lowest BCUT2D eigenvalue weighted by atomic mass is 10.2. The van der Waals surface area contributed by atoms with Gasteiger partial charge in [-0.25, -0.2) is 9.36 Å². The van der Waals surface area contributed by atoms with E-state index >= 15 is 0 Å². The maximum atomic E-state index is 12.5. The molecule has 4 aromatic rings. The van der Waals surface area contributed by atoms with Crippen LogP contribution >= 0.6 is 0 Å². The first-order chi connectivity index (χ1) is 13.6. The van der Waals surface area contributed by atoms with Gasteiger partial charge in [-0.1, -0.05) is 41.4 Å². The largest absolute Gasteiger partial charge is 0.772 e. The first kappa shape index (κ1) is 18.0. The molecule has 0 aliphatic rings. The maximum Gasteiger partial charge on any atom is 0.209 e. The highest BCUT2D eigenvalue weighted by molar-refractivity contribution is 7.78.